The molecule has 0 bridgehead atoms. The Balaban J connectivity index is 1.98. The van der Waals surface area contributed by atoms with Crippen LogP contribution in [0.5, 0.6) is 0 Å². The zero-order chi connectivity index (χ0) is 21.2. The molecule has 1 aliphatic rings. The Morgan fingerprint density at radius 3 is 2.59 bits per heavy atom. The van der Waals surface area contributed by atoms with Gasteiger partial charge in [-0.2, -0.15) is 0 Å². The van der Waals surface area contributed by atoms with Crippen LogP contribution >= 0.6 is 0 Å². The van der Waals surface area contributed by atoms with E-state index in [9.17, 15) is 14.9 Å². The molecule has 0 saturated carbocycles. The lowest BCUT2D eigenvalue weighted by molar-refractivity contribution is -0.384. The van der Waals surface area contributed by atoms with E-state index >= 15 is 0 Å². The fraction of sp³-hybridized carbons (Fsp3) is 0.526. The number of rotatable bonds is 5. The summed E-state index contributed by atoms with van der Waals surface area (Å²) >= 11 is 0. The van der Waals surface area contributed by atoms with E-state index in [0.717, 1.165) is 0 Å². The van der Waals surface area contributed by atoms with Crippen molar-refractivity contribution in [1.29, 1.82) is 0 Å². The minimum absolute atomic E-state index is 0.0532. The minimum atomic E-state index is -0.654. The van der Waals surface area contributed by atoms with E-state index in [-0.39, 0.29) is 5.69 Å². The van der Waals surface area contributed by atoms with Gasteiger partial charge in [0, 0.05) is 25.2 Å². The molecule has 0 aliphatic carbocycles. The fourth-order valence-electron chi connectivity index (χ4n) is 2.89. The third kappa shape index (κ3) is 5.08. The predicted molar refractivity (Wildman–Crippen MR) is 108 cm³/mol. The molecule has 1 aromatic carbocycles. The van der Waals surface area contributed by atoms with Crippen LogP contribution in [0.1, 0.15) is 27.7 Å². The summed E-state index contributed by atoms with van der Waals surface area (Å²) in [7, 11) is 0. The Labute approximate surface area is 168 Å². The largest absolute Gasteiger partial charge is 0.458 e. The molecule has 29 heavy (non-hydrogen) atoms. The molecule has 3 rings (SSSR count). The summed E-state index contributed by atoms with van der Waals surface area (Å²) < 4.78 is 10.8. The standard InChI is InChI=1S/C19H25N5O5/c1-12(18(25)29-19(2,3)4)20-16-17(23-7-9-28-10-8-23)22-15-11-13(24(26)27)5-6-14(15)21-16/h5-6,11-12H,7-10H2,1-4H3,(H,20,21). The Bertz CT molecular complexity index is 921. The summed E-state index contributed by atoms with van der Waals surface area (Å²) in [5, 5.41) is 14.2. The van der Waals surface area contributed by atoms with Gasteiger partial charge in [-0.25, -0.2) is 14.8 Å². The third-order valence-electron chi connectivity index (χ3n) is 4.26. The highest BCUT2D eigenvalue weighted by Gasteiger charge is 2.25. The molecule has 1 unspecified atom stereocenters. The predicted octanol–water partition coefficient (Wildman–Crippen LogP) is 2.52. The zero-order valence-corrected chi connectivity index (χ0v) is 17.0. The molecule has 2 aromatic rings. The van der Waals surface area contributed by atoms with Gasteiger partial charge < -0.3 is 19.7 Å². The molecule has 0 spiro atoms. The van der Waals surface area contributed by atoms with Crippen LogP contribution in [0.3, 0.4) is 0 Å². The average molecular weight is 403 g/mol. The lowest BCUT2D eigenvalue weighted by Gasteiger charge is -2.30. The van der Waals surface area contributed by atoms with E-state index in [4.69, 9.17) is 9.47 Å². The molecular formula is C19H25N5O5. The first-order valence-electron chi connectivity index (χ1n) is 9.42. The third-order valence-corrected chi connectivity index (χ3v) is 4.26. The van der Waals surface area contributed by atoms with Crippen molar-refractivity contribution in [3.8, 4) is 0 Å². The zero-order valence-electron chi connectivity index (χ0n) is 17.0. The van der Waals surface area contributed by atoms with Gasteiger partial charge in [-0.05, 0) is 33.8 Å². The molecular weight excluding hydrogens is 378 g/mol. The van der Waals surface area contributed by atoms with Crippen molar-refractivity contribution in [2.24, 2.45) is 0 Å². The van der Waals surface area contributed by atoms with Gasteiger partial charge in [-0.3, -0.25) is 10.1 Å². The van der Waals surface area contributed by atoms with Crippen LogP contribution in [0.4, 0.5) is 17.3 Å². The number of nitro benzene ring substituents is 1. The van der Waals surface area contributed by atoms with E-state index in [0.29, 0.717) is 49.0 Å². The van der Waals surface area contributed by atoms with Gasteiger partial charge in [0.1, 0.15) is 11.6 Å². The number of esters is 1. The maximum atomic E-state index is 12.4. The number of carbonyl (C=O) groups excluding carboxylic acids is 1. The molecule has 2 heterocycles. The van der Waals surface area contributed by atoms with Gasteiger partial charge in [-0.1, -0.05) is 0 Å². The highest BCUT2D eigenvalue weighted by atomic mass is 16.6. The van der Waals surface area contributed by atoms with Gasteiger partial charge in [-0.15, -0.1) is 0 Å². The number of nitrogens with zero attached hydrogens (tertiary/aromatic N) is 4. The number of non-ortho nitro benzene ring substituents is 1. The maximum Gasteiger partial charge on any atom is 0.328 e. The Morgan fingerprint density at radius 1 is 1.28 bits per heavy atom. The molecule has 1 atom stereocenters. The van der Waals surface area contributed by atoms with E-state index in [2.05, 4.69) is 15.3 Å². The number of ether oxygens (including phenoxy) is 2. The molecule has 1 saturated heterocycles. The number of anilines is 2. The number of nitrogens with one attached hydrogen (secondary N) is 1. The van der Waals surface area contributed by atoms with Crippen molar-refractivity contribution >= 4 is 34.3 Å². The van der Waals surface area contributed by atoms with E-state index in [1.165, 1.54) is 12.1 Å². The van der Waals surface area contributed by atoms with Gasteiger partial charge >= 0.3 is 5.97 Å². The van der Waals surface area contributed by atoms with Crippen molar-refractivity contribution in [3.05, 3.63) is 28.3 Å². The van der Waals surface area contributed by atoms with E-state index < -0.39 is 22.5 Å². The van der Waals surface area contributed by atoms with Crippen molar-refractivity contribution in [2.45, 2.75) is 39.3 Å². The number of benzene rings is 1. The second-order valence-corrected chi connectivity index (χ2v) is 7.82. The first kappa shape index (κ1) is 20.7. The second-order valence-electron chi connectivity index (χ2n) is 7.82. The number of morpholine rings is 1. The van der Waals surface area contributed by atoms with Gasteiger partial charge in [0.05, 0.1) is 29.2 Å². The minimum Gasteiger partial charge on any atom is -0.458 e. The van der Waals surface area contributed by atoms with E-state index in [1.807, 2.05) is 4.90 Å². The molecule has 10 heteroatoms. The van der Waals surface area contributed by atoms with Crippen molar-refractivity contribution in [1.82, 2.24) is 9.97 Å². The number of nitro groups is 1. The maximum absolute atomic E-state index is 12.4. The van der Waals surface area contributed by atoms with Gasteiger partial charge in [0.15, 0.2) is 11.6 Å². The van der Waals surface area contributed by atoms with Crippen LogP contribution in [0.2, 0.25) is 0 Å². The summed E-state index contributed by atoms with van der Waals surface area (Å²) in [6.07, 6.45) is 0. The molecule has 10 nitrogen and oxygen atoms in total. The number of carbonyl (C=O) groups is 1. The Kier molecular flexibility index (Phi) is 5.83. The summed E-state index contributed by atoms with van der Waals surface area (Å²) in [5.74, 6) is 0.541. The van der Waals surface area contributed by atoms with Crippen LogP contribution < -0.4 is 10.2 Å². The summed E-state index contributed by atoms with van der Waals surface area (Å²) in [4.78, 5) is 34.2. The lowest BCUT2D eigenvalue weighted by Crippen LogP contribution is -2.39. The Morgan fingerprint density at radius 2 is 1.97 bits per heavy atom. The quantitative estimate of drug-likeness (QED) is 0.456. The van der Waals surface area contributed by atoms with Crippen LogP contribution in [0, 0.1) is 10.1 Å². The normalized spacial score (nSPS) is 15.8. The fourth-order valence-corrected chi connectivity index (χ4v) is 2.89. The first-order chi connectivity index (χ1) is 13.6. The smallest absolute Gasteiger partial charge is 0.328 e. The SMILES string of the molecule is CC(Nc1nc2ccc([N+](=O)[O-])cc2nc1N1CCOCC1)C(=O)OC(C)(C)C. The monoisotopic (exact) mass is 403 g/mol. The number of hydrogen-bond donors (Lipinski definition) is 1. The van der Waals surface area contributed by atoms with Crippen LogP contribution in [-0.2, 0) is 14.3 Å². The summed E-state index contributed by atoms with van der Waals surface area (Å²) in [6, 6.07) is 3.67. The van der Waals surface area contributed by atoms with Crippen molar-refractivity contribution in [2.75, 3.05) is 36.5 Å². The molecule has 1 aromatic heterocycles. The second kappa shape index (κ2) is 8.16. The highest BCUT2D eigenvalue weighted by Crippen LogP contribution is 2.28. The first-order valence-corrected chi connectivity index (χ1v) is 9.42. The molecule has 1 fully saturated rings. The van der Waals surface area contributed by atoms with Crippen molar-refractivity contribution in [3.63, 3.8) is 0 Å². The van der Waals surface area contributed by atoms with Crippen molar-refractivity contribution < 1.29 is 19.2 Å². The topological polar surface area (TPSA) is 120 Å². The van der Waals surface area contributed by atoms with Gasteiger partial charge in [0.2, 0.25) is 0 Å². The molecule has 0 radical (unpaired) electrons. The van der Waals surface area contributed by atoms with Gasteiger partial charge in [0.25, 0.3) is 5.69 Å². The lowest BCUT2D eigenvalue weighted by atomic mass is 10.2. The van der Waals surface area contributed by atoms with Crippen LogP contribution in [0.15, 0.2) is 18.2 Å². The van der Waals surface area contributed by atoms with Crippen LogP contribution in [0.25, 0.3) is 11.0 Å². The van der Waals surface area contributed by atoms with Crippen LogP contribution in [-0.4, -0.2) is 58.8 Å². The Hall–Kier alpha value is -3.01. The summed E-state index contributed by atoms with van der Waals surface area (Å²) in [6.45, 7) is 9.39. The molecule has 1 N–H and O–H groups in total. The summed E-state index contributed by atoms with van der Waals surface area (Å²) in [5.41, 5.74) is 0.249. The highest BCUT2D eigenvalue weighted by molar-refractivity contribution is 5.85. The molecule has 1 aliphatic heterocycles. The number of fused-ring (bicyclic) bond motifs is 1. The van der Waals surface area contributed by atoms with E-state index in [1.54, 1.807) is 33.8 Å². The molecule has 0 amide bonds. The molecule has 156 valence electrons. The number of aromatic nitrogens is 2. The average Bonchev–Trinajstić information content (AvgIpc) is 2.66. The number of hydrogen-bond acceptors (Lipinski definition) is 9.